The highest BCUT2D eigenvalue weighted by atomic mass is 16.3. The standard InChI is InChI=1S/C52H30N4O2/c1-7-23-39-31(15-1)32-16-2-8-24-40(32)52(39,41-25-14-30-46-47(41)37-20-6-12-29-45(37)57-46)50-53-49(38-22-13-21-36-35-19-5-11-28-44(35)58-48(36)38)54-51(55-50)56-42-26-9-3-17-33(42)34-18-4-10-27-43(34)56/h1-30H. The summed E-state index contributed by atoms with van der Waals surface area (Å²) in [7, 11) is 0. The number of aromatic nitrogens is 4. The Morgan fingerprint density at radius 2 is 0.897 bits per heavy atom. The molecule has 0 saturated heterocycles. The first-order valence-corrected chi connectivity index (χ1v) is 19.5. The van der Waals surface area contributed by atoms with Crippen LogP contribution in [0.4, 0.5) is 0 Å². The predicted octanol–water partition coefficient (Wildman–Crippen LogP) is 12.8. The number of nitrogens with zero attached hydrogens (tertiary/aromatic N) is 4. The van der Waals surface area contributed by atoms with Gasteiger partial charge in [0.15, 0.2) is 11.6 Å². The molecule has 13 rings (SSSR count). The van der Waals surface area contributed by atoms with Crippen LogP contribution in [-0.4, -0.2) is 19.5 Å². The summed E-state index contributed by atoms with van der Waals surface area (Å²) in [6.45, 7) is 0. The second kappa shape index (κ2) is 11.6. The Bertz CT molecular complexity index is 3570. The summed E-state index contributed by atoms with van der Waals surface area (Å²) in [4.78, 5) is 16.8. The minimum Gasteiger partial charge on any atom is -0.456 e. The van der Waals surface area contributed by atoms with Gasteiger partial charge in [0.2, 0.25) is 5.95 Å². The van der Waals surface area contributed by atoms with Gasteiger partial charge in [-0.15, -0.1) is 0 Å². The van der Waals surface area contributed by atoms with Gasteiger partial charge in [0.25, 0.3) is 0 Å². The van der Waals surface area contributed by atoms with E-state index in [1.54, 1.807) is 0 Å². The van der Waals surface area contributed by atoms with Crippen LogP contribution in [-0.2, 0) is 5.41 Å². The number of para-hydroxylation sites is 5. The lowest BCUT2D eigenvalue weighted by atomic mass is 9.70. The van der Waals surface area contributed by atoms with Crippen molar-refractivity contribution < 1.29 is 8.83 Å². The van der Waals surface area contributed by atoms with Gasteiger partial charge >= 0.3 is 0 Å². The minimum atomic E-state index is -0.980. The molecule has 0 unspecified atom stereocenters. The van der Waals surface area contributed by atoms with Gasteiger partial charge in [-0.05, 0) is 64.2 Å². The average molecular weight is 743 g/mol. The first-order valence-electron chi connectivity index (χ1n) is 19.5. The molecule has 8 aromatic carbocycles. The summed E-state index contributed by atoms with van der Waals surface area (Å²) in [5, 5.41) is 6.38. The van der Waals surface area contributed by atoms with Gasteiger partial charge in [-0.1, -0.05) is 146 Å². The second-order valence-corrected chi connectivity index (χ2v) is 15.1. The molecule has 0 aliphatic heterocycles. The van der Waals surface area contributed by atoms with Gasteiger partial charge in [0.05, 0.1) is 16.6 Å². The van der Waals surface area contributed by atoms with E-state index in [9.17, 15) is 0 Å². The van der Waals surface area contributed by atoms with E-state index in [0.29, 0.717) is 17.6 Å². The van der Waals surface area contributed by atoms with Crippen molar-refractivity contribution in [3.63, 3.8) is 0 Å². The Kier molecular flexibility index (Phi) is 6.28. The molecule has 0 saturated carbocycles. The third-order valence-electron chi connectivity index (χ3n) is 12.1. The van der Waals surface area contributed by atoms with Crippen molar-refractivity contribution in [1.29, 1.82) is 0 Å². The maximum Gasteiger partial charge on any atom is 0.238 e. The number of furan rings is 2. The maximum atomic E-state index is 6.67. The van der Waals surface area contributed by atoms with Crippen molar-refractivity contribution in [1.82, 2.24) is 19.5 Å². The minimum absolute atomic E-state index is 0.524. The van der Waals surface area contributed by atoms with E-state index in [1.807, 2.05) is 30.3 Å². The molecule has 0 spiro atoms. The summed E-state index contributed by atoms with van der Waals surface area (Å²) < 4.78 is 15.4. The van der Waals surface area contributed by atoms with E-state index >= 15 is 0 Å². The van der Waals surface area contributed by atoms with Crippen LogP contribution in [0.15, 0.2) is 191 Å². The Hall–Kier alpha value is -7.83. The molecular formula is C52H30N4O2. The molecular weight excluding hydrogens is 713 g/mol. The summed E-state index contributed by atoms with van der Waals surface area (Å²) in [6.07, 6.45) is 0. The van der Waals surface area contributed by atoms with E-state index in [2.05, 4.69) is 156 Å². The Morgan fingerprint density at radius 1 is 0.379 bits per heavy atom. The van der Waals surface area contributed by atoms with Crippen molar-refractivity contribution >= 4 is 65.7 Å². The molecule has 0 radical (unpaired) electrons. The third kappa shape index (κ3) is 4.08. The molecule has 4 heterocycles. The maximum absolute atomic E-state index is 6.67. The van der Waals surface area contributed by atoms with Crippen LogP contribution < -0.4 is 0 Å². The van der Waals surface area contributed by atoms with Crippen LogP contribution in [0.3, 0.4) is 0 Å². The first kappa shape index (κ1) is 31.4. The van der Waals surface area contributed by atoms with E-state index in [1.165, 1.54) is 0 Å². The first-order chi connectivity index (χ1) is 28.8. The fourth-order valence-corrected chi connectivity index (χ4v) is 9.79. The number of hydrogen-bond donors (Lipinski definition) is 0. The van der Waals surface area contributed by atoms with Crippen molar-refractivity contribution in [2.75, 3.05) is 0 Å². The number of hydrogen-bond acceptors (Lipinski definition) is 5. The van der Waals surface area contributed by atoms with E-state index < -0.39 is 5.41 Å². The lowest BCUT2D eigenvalue weighted by molar-refractivity contribution is 0.663. The second-order valence-electron chi connectivity index (χ2n) is 15.1. The van der Waals surface area contributed by atoms with Crippen molar-refractivity contribution in [2.45, 2.75) is 5.41 Å². The molecule has 4 aromatic heterocycles. The van der Waals surface area contributed by atoms with Gasteiger partial charge in [-0.3, -0.25) is 4.57 Å². The number of fused-ring (bicyclic) bond motifs is 12. The normalized spacial score (nSPS) is 13.3. The van der Waals surface area contributed by atoms with Crippen molar-refractivity contribution in [3.05, 3.63) is 205 Å². The summed E-state index contributed by atoms with van der Waals surface area (Å²) in [6, 6.07) is 63.4. The van der Waals surface area contributed by atoms with Crippen LogP contribution in [0.25, 0.3) is 94.1 Å². The van der Waals surface area contributed by atoms with E-state index in [-0.39, 0.29) is 0 Å². The number of benzene rings is 8. The van der Waals surface area contributed by atoms with E-state index in [0.717, 1.165) is 99.1 Å². The molecule has 6 nitrogen and oxygen atoms in total. The highest BCUT2D eigenvalue weighted by Gasteiger charge is 2.50. The molecule has 1 aliphatic carbocycles. The fourth-order valence-electron chi connectivity index (χ4n) is 9.79. The molecule has 0 amide bonds. The fraction of sp³-hybridized carbons (Fsp3) is 0.0192. The van der Waals surface area contributed by atoms with Gasteiger partial charge < -0.3 is 8.83 Å². The smallest absolute Gasteiger partial charge is 0.238 e. The van der Waals surface area contributed by atoms with Crippen molar-refractivity contribution in [2.24, 2.45) is 0 Å². The van der Waals surface area contributed by atoms with Crippen LogP contribution in [0.1, 0.15) is 22.5 Å². The summed E-state index contributed by atoms with van der Waals surface area (Å²) >= 11 is 0. The highest BCUT2D eigenvalue weighted by Crippen LogP contribution is 2.57. The van der Waals surface area contributed by atoms with Crippen LogP contribution >= 0.6 is 0 Å². The Labute approximate surface area is 331 Å². The number of rotatable bonds is 4. The van der Waals surface area contributed by atoms with E-state index in [4.69, 9.17) is 23.8 Å². The Balaban J connectivity index is 1.23. The van der Waals surface area contributed by atoms with Crippen molar-refractivity contribution in [3.8, 4) is 28.5 Å². The third-order valence-corrected chi connectivity index (χ3v) is 12.1. The zero-order chi connectivity index (χ0) is 38.0. The molecule has 58 heavy (non-hydrogen) atoms. The van der Waals surface area contributed by atoms with Gasteiger partial charge in [-0.2, -0.15) is 9.97 Å². The molecule has 6 heteroatoms. The molecule has 270 valence electrons. The Morgan fingerprint density at radius 3 is 1.62 bits per heavy atom. The molecule has 0 fully saturated rings. The lowest BCUT2D eigenvalue weighted by Crippen LogP contribution is -2.32. The molecule has 0 N–H and O–H groups in total. The lowest BCUT2D eigenvalue weighted by Gasteiger charge is -2.32. The summed E-state index contributed by atoms with van der Waals surface area (Å²) in [5.41, 5.74) is 10.5. The van der Waals surface area contributed by atoms with Gasteiger partial charge in [0.1, 0.15) is 27.7 Å². The van der Waals surface area contributed by atoms with Crippen LogP contribution in [0.5, 0.6) is 0 Å². The summed E-state index contributed by atoms with van der Waals surface area (Å²) in [5.74, 6) is 1.66. The molecule has 0 bridgehead atoms. The SMILES string of the molecule is c1ccc2c(c1)-c1ccccc1C2(c1nc(-c2cccc3c2oc2ccccc23)nc(-n2c3ccccc3c3ccccc32)n1)c1cccc2oc3ccccc3c12. The van der Waals surface area contributed by atoms with Crippen LogP contribution in [0.2, 0.25) is 0 Å². The van der Waals surface area contributed by atoms with Gasteiger partial charge in [0, 0.05) is 32.3 Å². The van der Waals surface area contributed by atoms with Gasteiger partial charge in [-0.25, -0.2) is 4.98 Å². The zero-order valence-corrected chi connectivity index (χ0v) is 30.9. The average Bonchev–Trinajstić information content (AvgIpc) is 4.03. The topological polar surface area (TPSA) is 69.9 Å². The van der Waals surface area contributed by atoms with Crippen LogP contribution in [0, 0.1) is 0 Å². The zero-order valence-electron chi connectivity index (χ0n) is 30.9. The predicted molar refractivity (Wildman–Crippen MR) is 231 cm³/mol. The molecule has 0 atom stereocenters. The largest absolute Gasteiger partial charge is 0.456 e. The monoisotopic (exact) mass is 742 g/mol. The molecule has 1 aliphatic rings. The molecule has 12 aromatic rings. The highest BCUT2D eigenvalue weighted by molar-refractivity contribution is 6.11. The quantitative estimate of drug-likeness (QED) is 0.180.